The molecular weight excluding hydrogens is 605 g/mol. The van der Waals surface area contributed by atoms with Crippen molar-refractivity contribution in [2.24, 2.45) is 0 Å². The van der Waals surface area contributed by atoms with Crippen LogP contribution in [0.15, 0.2) is 152 Å². The van der Waals surface area contributed by atoms with Crippen LogP contribution >= 0.6 is 0 Å². The van der Waals surface area contributed by atoms with Gasteiger partial charge in [-0.1, -0.05) is 172 Å². The van der Waals surface area contributed by atoms with Crippen LogP contribution in [-0.4, -0.2) is 8.07 Å². The Morgan fingerprint density at radius 3 is 1.37 bits per heavy atom. The van der Waals surface area contributed by atoms with E-state index in [2.05, 4.69) is 185 Å². The predicted octanol–water partition coefficient (Wildman–Crippen LogP) is 13.0. The molecule has 8 aromatic rings. The Labute approximate surface area is 290 Å². The molecule has 1 heteroatoms. The minimum atomic E-state index is -1.34. The molecule has 0 fully saturated rings. The Kier molecular flexibility index (Phi) is 6.63. The topological polar surface area (TPSA) is 0 Å². The van der Waals surface area contributed by atoms with E-state index in [1.165, 1.54) is 93.1 Å². The van der Waals surface area contributed by atoms with Crippen molar-refractivity contribution in [2.45, 2.75) is 38.9 Å². The quantitative estimate of drug-likeness (QED) is 0.132. The monoisotopic (exact) mass is 644 g/mol. The normalized spacial score (nSPS) is 13.6. The first-order chi connectivity index (χ1) is 23.7. The van der Waals surface area contributed by atoms with Gasteiger partial charge < -0.3 is 0 Å². The molecule has 0 saturated carbocycles. The Balaban J connectivity index is 1.20. The van der Waals surface area contributed by atoms with Gasteiger partial charge >= 0.3 is 0 Å². The standard InChI is InChI=1S/C48H40Si/c1-48(2)44-29-34(32-20-24-37(25-21-32)49(3,4)5)22-26-38(44)39-27-23-36(30-45(39)48)47-42-16-10-8-14-40(42)46(41-15-9-11-17-43(41)47)35-19-18-31-12-6-7-13-33(31)28-35/h6-30H,1-5H3. The zero-order valence-corrected chi connectivity index (χ0v) is 29.9. The third kappa shape index (κ3) is 4.71. The van der Waals surface area contributed by atoms with Crippen LogP contribution in [-0.2, 0) is 5.41 Å². The summed E-state index contributed by atoms with van der Waals surface area (Å²) in [4.78, 5) is 0. The average Bonchev–Trinajstić information content (AvgIpc) is 3.35. The summed E-state index contributed by atoms with van der Waals surface area (Å²) >= 11 is 0. The SMILES string of the molecule is CC1(C)c2cc(-c3ccc([Si](C)(C)C)cc3)ccc2-c2ccc(-c3c4ccccc4c(-c4ccc5ccccc5c4)c4ccccc34)cc21. The van der Waals surface area contributed by atoms with Crippen molar-refractivity contribution in [3.63, 3.8) is 0 Å². The summed E-state index contributed by atoms with van der Waals surface area (Å²) in [6.45, 7) is 12.0. The number of rotatable bonds is 4. The van der Waals surface area contributed by atoms with Gasteiger partial charge in [-0.25, -0.2) is 0 Å². The van der Waals surface area contributed by atoms with Gasteiger partial charge in [-0.2, -0.15) is 0 Å². The summed E-state index contributed by atoms with van der Waals surface area (Å²) in [6, 6.07) is 57.2. The van der Waals surface area contributed by atoms with Gasteiger partial charge in [-0.3, -0.25) is 0 Å². The van der Waals surface area contributed by atoms with Crippen molar-refractivity contribution >= 4 is 45.6 Å². The minimum Gasteiger partial charge on any atom is -0.0656 e. The van der Waals surface area contributed by atoms with E-state index < -0.39 is 8.07 Å². The lowest BCUT2D eigenvalue weighted by molar-refractivity contribution is 0.661. The molecule has 0 N–H and O–H groups in total. The molecule has 0 unspecified atom stereocenters. The van der Waals surface area contributed by atoms with Crippen LogP contribution in [0.1, 0.15) is 25.0 Å². The molecule has 0 heterocycles. The third-order valence-corrected chi connectivity index (χ3v) is 13.1. The maximum atomic E-state index is 2.49. The predicted molar refractivity (Wildman–Crippen MR) is 216 cm³/mol. The fraction of sp³-hybridized carbons (Fsp3) is 0.125. The highest BCUT2D eigenvalue weighted by Gasteiger charge is 2.36. The van der Waals surface area contributed by atoms with Gasteiger partial charge in [0, 0.05) is 5.41 Å². The molecule has 9 rings (SSSR count). The number of hydrogen-bond donors (Lipinski definition) is 0. The summed E-state index contributed by atoms with van der Waals surface area (Å²) in [6.07, 6.45) is 0. The van der Waals surface area contributed by atoms with E-state index in [0.717, 1.165) is 0 Å². The number of hydrogen-bond acceptors (Lipinski definition) is 0. The Hall–Kier alpha value is -5.24. The molecule has 8 aromatic carbocycles. The first kappa shape index (κ1) is 29.9. The van der Waals surface area contributed by atoms with E-state index in [0.29, 0.717) is 0 Å². The molecule has 0 amide bonds. The summed E-state index contributed by atoms with van der Waals surface area (Å²) in [5.74, 6) is 0. The van der Waals surface area contributed by atoms with E-state index in [1.807, 2.05) is 0 Å². The van der Waals surface area contributed by atoms with Crippen LogP contribution in [0.25, 0.3) is 76.8 Å². The fourth-order valence-corrected chi connectivity index (χ4v) is 9.50. The van der Waals surface area contributed by atoms with Crippen molar-refractivity contribution in [1.82, 2.24) is 0 Å². The summed E-state index contributed by atoms with van der Waals surface area (Å²) in [5.41, 5.74) is 13.1. The maximum Gasteiger partial charge on any atom is 0.0775 e. The highest BCUT2D eigenvalue weighted by Crippen LogP contribution is 2.52. The van der Waals surface area contributed by atoms with Crippen LogP contribution in [0.2, 0.25) is 19.6 Å². The molecule has 49 heavy (non-hydrogen) atoms. The molecule has 0 radical (unpaired) electrons. The third-order valence-electron chi connectivity index (χ3n) is 11.0. The van der Waals surface area contributed by atoms with Crippen LogP contribution in [0.4, 0.5) is 0 Å². The first-order valence-corrected chi connectivity index (χ1v) is 21.0. The molecule has 0 atom stereocenters. The van der Waals surface area contributed by atoms with E-state index in [4.69, 9.17) is 0 Å². The lowest BCUT2D eigenvalue weighted by Gasteiger charge is -2.23. The molecule has 1 aliphatic rings. The molecule has 236 valence electrons. The molecule has 0 aromatic heterocycles. The first-order valence-electron chi connectivity index (χ1n) is 17.5. The number of benzene rings is 8. The largest absolute Gasteiger partial charge is 0.0775 e. The molecule has 0 nitrogen and oxygen atoms in total. The Morgan fingerprint density at radius 1 is 0.388 bits per heavy atom. The van der Waals surface area contributed by atoms with Gasteiger partial charge in [-0.05, 0) is 106 Å². The van der Waals surface area contributed by atoms with Crippen LogP contribution in [0, 0.1) is 0 Å². The van der Waals surface area contributed by atoms with Gasteiger partial charge in [0.05, 0.1) is 8.07 Å². The second kappa shape index (κ2) is 10.9. The smallest absolute Gasteiger partial charge is 0.0656 e. The zero-order valence-electron chi connectivity index (χ0n) is 28.9. The van der Waals surface area contributed by atoms with Gasteiger partial charge in [0.15, 0.2) is 0 Å². The van der Waals surface area contributed by atoms with E-state index in [-0.39, 0.29) is 5.41 Å². The average molecular weight is 645 g/mol. The maximum absolute atomic E-state index is 2.49. The second-order valence-corrected chi connectivity index (χ2v) is 20.5. The highest BCUT2D eigenvalue weighted by molar-refractivity contribution is 6.88. The second-order valence-electron chi connectivity index (χ2n) is 15.4. The summed E-state index contributed by atoms with van der Waals surface area (Å²) in [7, 11) is -1.34. The molecule has 0 spiro atoms. The Bertz CT molecular complexity index is 2540. The zero-order chi connectivity index (χ0) is 33.5. The van der Waals surface area contributed by atoms with Crippen molar-refractivity contribution in [2.75, 3.05) is 0 Å². The minimum absolute atomic E-state index is 0.119. The molecule has 0 aliphatic heterocycles. The van der Waals surface area contributed by atoms with Crippen molar-refractivity contribution in [3.8, 4) is 44.5 Å². The molecule has 0 saturated heterocycles. The van der Waals surface area contributed by atoms with Crippen LogP contribution < -0.4 is 5.19 Å². The lowest BCUT2D eigenvalue weighted by atomic mass is 9.80. The van der Waals surface area contributed by atoms with Gasteiger partial charge in [-0.15, -0.1) is 0 Å². The van der Waals surface area contributed by atoms with Crippen molar-refractivity contribution < 1.29 is 0 Å². The van der Waals surface area contributed by atoms with E-state index >= 15 is 0 Å². The van der Waals surface area contributed by atoms with E-state index in [9.17, 15) is 0 Å². The van der Waals surface area contributed by atoms with Crippen LogP contribution in [0.3, 0.4) is 0 Å². The van der Waals surface area contributed by atoms with Gasteiger partial charge in [0.1, 0.15) is 0 Å². The van der Waals surface area contributed by atoms with Crippen LogP contribution in [0.5, 0.6) is 0 Å². The van der Waals surface area contributed by atoms with E-state index in [1.54, 1.807) is 0 Å². The molecule has 1 aliphatic carbocycles. The highest BCUT2D eigenvalue weighted by atomic mass is 28.3. The van der Waals surface area contributed by atoms with Gasteiger partial charge in [0.25, 0.3) is 0 Å². The lowest BCUT2D eigenvalue weighted by Crippen LogP contribution is -2.37. The molecular formula is C48H40Si. The van der Waals surface area contributed by atoms with Crippen molar-refractivity contribution in [1.29, 1.82) is 0 Å². The van der Waals surface area contributed by atoms with Gasteiger partial charge in [0.2, 0.25) is 0 Å². The fourth-order valence-electron chi connectivity index (χ4n) is 8.33. The van der Waals surface area contributed by atoms with Crippen molar-refractivity contribution in [3.05, 3.63) is 163 Å². The summed E-state index contributed by atoms with van der Waals surface area (Å²) in [5, 5.41) is 9.21. The molecule has 0 bridgehead atoms. The number of fused-ring (bicyclic) bond motifs is 6. The Morgan fingerprint density at radius 2 is 0.816 bits per heavy atom. The summed E-state index contributed by atoms with van der Waals surface area (Å²) < 4.78 is 0.